The average molecular weight is 219 g/mol. The van der Waals surface area contributed by atoms with Gasteiger partial charge in [-0.3, -0.25) is 0 Å². The van der Waals surface area contributed by atoms with Crippen molar-refractivity contribution in [1.29, 1.82) is 0 Å². The van der Waals surface area contributed by atoms with Crippen molar-refractivity contribution in [3.05, 3.63) is 9.74 Å². The van der Waals surface area contributed by atoms with Gasteiger partial charge in [0.15, 0.2) is 3.92 Å². The summed E-state index contributed by atoms with van der Waals surface area (Å²) in [6.45, 7) is 2.21. The minimum atomic E-state index is 0.322. The Balaban J connectivity index is 2.34. The molecule has 1 aromatic rings. The number of nitrogens with zero attached hydrogens (tertiary/aromatic N) is 2. The fraction of sp³-hybridized carbons (Fsp3) is 0.667. The van der Waals surface area contributed by atoms with E-state index in [0.29, 0.717) is 5.41 Å². The number of hydrogen-bond acceptors (Lipinski definition) is 3. The Hall–Kier alpha value is 0.0400. The second kappa shape index (κ2) is 2.01. The minimum absolute atomic E-state index is 0.322. The third-order valence-electron chi connectivity index (χ3n) is 1.94. The van der Waals surface area contributed by atoms with Gasteiger partial charge in [-0.15, -0.1) is 0 Å². The van der Waals surface area contributed by atoms with Crippen molar-refractivity contribution in [2.45, 2.75) is 25.2 Å². The quantitative estimate of drug-likeness (QED) is 0.724. The maximum absolute atomic E-state index is 4.27. The zero-order valence-corrected chi connectivity index (χ0v) is 8.00. The number of halogens is 1. The van der Waals surface area contributed by atoms with E-state index in [4.69, 9.17) is 0 Å². The first-order valence-electron chi connectivity index (χ1n) is 3.20. The highest BCUT2D eigenvalue weighted by atomic mass is 79.9. The summed E-state index contributed by atoms with van der Waals surface area (Å²) in [6.07, 6.45) is 2.49. The molecule has 10 heavy (non-hydrogen) atoms. The van der Waals surface area contributed by atoms with Gasteiger partial charge in [0.05, 0.1) is 0 Å². The summed E-state index contributed by atoms with van der Waals surface area (Å²) in [5.41, 5.74) is 0.322. The van der Waals surface area contributed by atoms with Crippen molar-refractivity contribution in [2.75, 3.05) is 0 Å². The van der Waals surface area contributed by atoms with Crippen LogP contribution in [-0.4, -0.2) is 9.36 Å². The van der Waals surface area contributed by atoms with Crippen molar-refractivity contribution >= 4 is 27.5 Å². The Morgan fingerprint density at radius 1 is 1.60 bits per heavy atom. The Bertz CT molecular complexity index is 254. The van der Waals surface area contributed by atoms with Gasteiger partial charge in [0, 0.05) is 5.41 Å². The highest BCUT2D eigenvalue weighted by Crippen LogP contribution is 2.46. The van der Waals surface area contributed by atoms with E-state index in [1.165, 1.54) is 24.4 Å². The van der Waals surface area contributed by atoms with Crippen LogP contribution in [0.1, 0.15) is 25.6 Å². The van der Waals surface area contributed by atoms with Crippen molar-refractivity contribution in [3.8, 4) is 0 Å². The van der Waals surface area contributed by atoms with E-state index in [0.717, 1.165) is 9.74 Å². The Kier molecular flexibility index (Phi) is 1.35. The SMILES string of the molecule is CC1(c2nsc(Br)n2)CC1. The fourth-order valence-corrected chi connectivity index (χ4v) is 1.80. The van der Waals surface area contributed by atoms with Crippen LogP contribution >= 0.6 is 27.5 Å². The first-order chi connectivity index (χ1) is 4.71. The van der Waals surface area contributed by atoms with E-state index in [-0.39, 0.29) is 0 Å². The molecule has 0 atom stereocenters. The maximum Gasteiger partial charge on any atom is 0.179 e. The molecule has 0 aliphatic heterocycles. The summed E-state index contributed by atoms with van der Waals surface area (Å²) in [5, 5.41) is 0. The topological polar surface area (TPSA) is 25.8 Å². The second-order valence-corrected chi connectivity index (χ2v) is 4.96. The molecule has 0 N–H and O–H groups in total. The molecule has 0 saturated heterocycles. The molecule has 1 saturated carbocycles. The number of aromatic nitrogens is 2. The molecular formula is C6H7BrN2S. The molecule has 54 valence electrons. The highest BCUT2D eigenvalue weighted by molar-refractivity contribution is 9.11. The van der Waals surface area contributed by atoms with Crippen LogP contribution in [0.5, 0.6) is 0 Å². The largest absolute Gasteiger partial charge is 0.212 e. The third-order valence-corrected chi connectivity index (χ3v) is 3.06. The molecule has 0 spiro atoms. The predicted molar refractivity (Wildman–Crippen MR) is 44.2 cm³/mol. The van der Waals surface area contributed by atoms with Gasteiger partial charge in [0.25, 0.3) is 0 Å². The van der Waals surface area contributed by atoms with E-state index >= 15 is 0 Å². The molecule has 0 aromatic carbocycles. The summed E-state index contributed by atoms with van der Waals surface area (Å²) in [5.74, 6) is 1.02. The van der Waals surface area contributed by atoms with Crippen LogP contribution in [0.25, 0.3) is 0 Å². The molecule has 2 rings (SSSR count). The van der Waals surface area contributed by atoms with Crippen molar-refractivity contribution in [2.24, 2.45) is 0 Å². The molecule has 1 fully saturated rings. The molecule has 1 aliphatic carbocycles. The van der Waals surface area contributed by atoms with Crippen LogP contribution in [-0.2, 0) is 5.41 Å². The monoisotopic (exact) mass is 218 g/mol. The molecule has 2 nitrogen and oxygen atoms in total. The van der Waals surface area contributed by atoms with Crippen LogP contribution in [0, 0.1) is 0 Å². The molecule has 4 heteroatoms. The van der Waals surface area contributed by atoms with Crippen molar-refractivity contribution < 1.29 is 0 Å². The summed E-state index contributed by atoms with van der Waals surface area (Å²) in [6, 6.07) is 0. The maximum atomic E-state index is 4.27. The summed E-state index contributed by atoms with van der Waals surface area (Å²) in [4.78, 5) is 4.27. The van der Waals surface area contributed by atoms with Crippen LogP contribution in [0.2, 0.25) is 0 Å². The molecule has 1 heterocycles. The zero-order valence-electron chi connectivity index (χ0n) is 5.59. The lowest BCUT2D eigenvalue weighted by Gasteiger charge is -1.97. The third kappa shape index (κ3) is 0.992. The number of rotatable bonds is 1. The van der Waals surface area contributed by atoms with Gasteiger partial charge in [0.1, 0.15) is 5.82 Å². The summed E-state index contributed by atoms with van der Waals surface area (Å²) in [7, 11) is 0. The lowest BCUT2D eigenvalue weighted by atomic mass is 10.1. The van der Waals surface area contributed by atoms with Gasteiger partial charge in [-0.05, 0) is 40.3 Å². The van der Waals surface area contributed by atoms with Gasteiger partial charge in [-0.1, -0.05) is 6.92 Å². The first-order valence-corrected chi connectivity index (χ1v) is 4.77. The Morgan fingerprint density at radius 2 is 2.30 bits per heavy atom. The van der Waals surface area contributed by atoms with Crippen molar-refractivity contribution in [1.82, 2.24) is 9.36 Å². The van der Waals surface area contributed by atoms with Crippen LogP contribution in [0.3, 0.4) is 0 Å². The number of hydrogen-bond donors (Lipinski definition) is 0. The van der Waals surface area contributed by atoms with Gasteiger partial charge in [0.2, 0.25) is 0 Å². The normalized spacial score (nSPS) is 21.0. The van der Waals surface area contributed by atoms with E-state index < -0.39 is 0 Å². The lowest BCUT2D eigenvalue weighted by Crippen LogP contribution is -2.01. The molecule has 0 radical (unpaired) electrons. The minimum Gasteiger partial charge on any atom is -0.212 e. The Morgan fingerprint density at radius 3 is 2.70 bits per heavy atom. The average Bonchev–Trinajstić information content (AvgIpc) is 2.45. The highest BCUT2D eigenvalue weighted by Gasteiger charge is 2.42. The molecular weight excluding hydrogens is 212 g/mol. The van der Waals surface area contributed by atoms with E-state index in [9.17, 15) is 0 Å². The van der Waals surface area contributed by atoms with Crippen LogP contribution < -0.4 is 0 Å². The van der Waals surface area contributed by atoms with E-state index in [2.05, 4.69) is 32.2 Å². The summed E-state index contributed by atoms with van der Waals surface area (Å²) >= 11 is 4.72. The van der Waals surface area contributed by atoms with Gasteiger partial charge in [-0.25, -0.2) is 4.98 Å². The van der Waals surface area contributed by atoms with Crippen molar-refractivity contribution in [3.63, 3.8) is 0 Å². The molecule has 1 aliphatic rings. The molecule has 0 unspecified atom stereocenters. The smallest absolute Gasteiger partial charge is 0.179 e. The molecule has 0 amide bonds. The zero-order chi connectivity index (χ0) is 7.19. The van der Waals surface area contributed by atoms with E-state index in [1.807, 2.05) is 0 Å². The summed E-state index contributed by atoms with van der Waals surface area (Å²) < 4.78 is 5.13. The first kappa shape index (κ1) is 6.73. The van der Waals surface area contributed by atoms with Crippen LogP contribution in [0.15, 0.2) is 3.92 Å². The standard InChI is InChI=1S/C6H7BrN2S/c1-6(2-3-6)4-8-5(7)10-9-4/h2-3H2,1H3. The fourth-order valence-electron chi connectivity index (χ4n) is 0.861. The molecule has 0 bridgehead atoms. The van der Waals surface area contributed by atoms with Gasteiger partial charge < -0.3 is 0 Å². The lowest BCUT2D eigenvalue weighted by molar-refractivity contribution is 0.726. The Labute approximate surface area is 72.0 Å². The van der Waals surface area contributed by atoms with Gasteiger partial charge >= 0.3 is 0 Å². The van der Waals surface area contributed by atoms with Crippen LogP contribution in [0.4, 0.5) is 0 Å². The van der Waals surface area contributed by atoms with Gasteiger partial charge in [-0.2, -0.15) is 4.37 Å². The molecule has 1 aromatic heterocycles. The second-order valence-electron chi connectivity index (χ2n) is 2.93. The van der Waals surface area contributed by atoms with E-state index in [1.54, 1.807) is 0 Å². The predicted octanol–water partition coefficient (Wildman–Crippen LogP) is 2.35.